The van der Waals surface area contributed by atoms with Gasteiger partial charge in [0.1, 0.15) is 5.69 Å². The van der Waals surface area contributed by atoms with Gasteiger partial charge in [-0.05, 0) is 36.8 Å². The molecule has 0 atom stereocenters. The number of nitrogens with one attached hydrogen (secondary N) is 1. The summed E-state index contributed by atoms with van der Waals surface area (Å²) in [4.78, 5) is 23.9. The van der Waals surface area contributed by atoms with Crippen molar-refractivity contribution in [3.8, 4) is 0 Å². The molecule has 1 N–H and O–H groups in total. The number of para-hydroxylation sites is 1. The van der Waals surface area contributed by atoms with E-state index < -0.39 is 0 Å². The molecule has 154 valence electrons. The molecule has 0 aliphatic rings. The highest BCUT2D eigenvalue weighted by Crippen LogP contribution is 2.31. The first-order chi connectivity index (χ1) is 15.2. The van der Waals surface area contributed by atoms with Crippen LogP contribution in [0.5, 0.6) is 0 Å². The number of benzene rings is 3. The minimum atomic E-state index is -0.246. The zero-order valence-electron chi connectivity index (χ0n) is 17.0. The van der Waals surface area contributed by atoms with Crippen LogP contribution in [0.3, 0.4) is 0 Å². The zero-order chi connectivity index (χ0) is 21.5. The number of amides is 1. The molecule has 0 unspecified atom stereocenters. The van der Waals surface area contributed by atoms with Gasteiger partial charge in [-0.1, -0.05) is 89.8 Å². The van der Waals surface area contributed by atoms with Gasteiger partial charge in [-0.15, -0.1) is 0 Å². The molecule has 4 rings (SSSR count). The van der Waals surface area contributed by atoms with Gasteiger partial charge in [0, 0.05) is 22.5 Å². The third kappa shape index (κ3) is 5.96. The predicted molar refractivity (Wildman–Crippen MR) is 128 cm³/mol. The van der Waals surface area contributed by atoms with Crippen LogP contribution < -0.4 is 5.32 Å². The summed E-state index contributed by atoms with van der Waals surface area (Å²) in [6, 6.07) is 27.7. The van der Waals surface area contributed by atoms with E-state index in [9.17, 15) is 4.79 Å². The van der Waals surface area contributed by atoms with E-state index in [4.69, 9.17) is 0 Å². The van der Waals surface area contributed by atoms with Crippen LogP contribution in [-0.4, -0.2) is 15.9 Å². The van der Waals surface area contributed by atoms with Crippen molar-refractivity contribution < 1.29 is 4.79 Å². The Morgan fingerprint density at radius 1 is 0.903 bits per heavy atom. The second-order valence-electron chi connectivity index (χ2n) is 6.87. The Bertz CT molecular complexity index is 1150. The maximum absolute atomic E-state index is 13.1. The molecule has 0 bridgehead atoms. The molecule has 0 saturated heterocycles. The summed E-state index contributed by atoms with van der Waals surface area (Å²) in [6.45, 7) is 2.07. The van der Waals surface area contributed by atoms with Crippen LogP contribution in [0.15, 0.2) is 106 Å². The smallest absolute Gasteiger partial charge is 0.275 e. The topological polar surface area (TPSA) is 54.9 Å². The third-order valence-corrected chi connectivity index (χ3v) is 6.40. The van der Waals surface area contributed by atoms with Gasteiger partial charge in [0.15, 0.2) is 5.16 Å². The van der Waals surface area contributed by atoms with Gasteiger partial charge in [0.2, 0.25) is 0 Å². The molecule has 0 saturated carbocycles. The van der Waals surface area contributed by atoms with Crippen LogP contribution in [0.2, 0.25) is 0 Å². The van der Waals surface area contributed by atoms with E-state index in [2.05, 4.69) is 46.5 Å². The van der Waals surface area contributed by atoms with Crippen molar-refractivity contribution in [3.05, 3.63) is 108 Å². The lowest BCUT2D eigenvalue weighted by molar-refractivity contribution is 0.101. The highest BCUT2D eigenvalue weighted by Gasteiger charge is 2.17. The lowest BCUT2D eigenvalue weighted by Crippen LogP contribution is -2.15. The zero-order valence-corrected chi connectivity index (χ0v) is 18.6. The molecule has 4 aromatic rings. The molecule has 4 nitrogen and oxygen atoms in total. The van der Waals surface area contributed by atoms with Gasteiger partial charge >= 0.3 is 0 Å². The van der Waals surface area contributed by atoms with Gasteiger partial charge in [-0.3, -0.25) is 4.79 Å². The number of aromatic nitrogens is 2. The van der Waals surface area contributed by atoms with Crippen molar-refractivity contribution in [2.75, 3.05) is 5.32 Å². The van der Waals surface area contributed by atoms with Gasteiger partial charge in [-0.25, -0.2) is 9.97 Å². The van der Waals surface area contributed by atoms with E-state index in [1.165, 1.54) is 34.7 Å². The molecule has 0 aliphatic heterocycles. The number of carbonyl (C=O) groups excluding carboxylic acids is 1. The molecular formula is C25H21N3OS2. The fraction of sp³-hybridized carbons (Fsp3) is 0.0800. The van der Waals surface area contributed by atoms with Crippen LogP contribution in [0.1, 0.15) is 21.6 Å². The van der Waals surface area contributed by atoms with Crippen molar-refractivity contribution in [2.45, 2.75) is 27.6 Å². The number of hydrogen-bond donors (Lipinski definition) is 1. The number of nitrogens with zero attached hydrogens (tertiary/aromatic N) is 2. The quantitative estimate of drug-likeness (QED) is 0.262. The Morgan fingerprint density at radius 3 is 2.29 bits per heavy atom. The number of anilines is 1. The molecule has 0 fully saturated rings. The third-order valence-electron chi connectivity index (χ3n) is 4.44. The summed E-state index contributed by atoms with van der Waals surface area (Å²) in [6.07, 6.45) is 1.74. The lowest BCUT2D eigenvalue weighted by atomic mass is 10.2. The molecule has 6 heteroatoms. The first-order valence-electron chi connectivity index (χ1n) is 9.82. The summed E-state index contributed by atoms with van der Waals surface area (Å²) in [5.74, 6) is 0.495. The van der Waals surface area contributed by atoms with Crippen LogP contribution >= 0.6 is 23.5 Å². The Labute approximate surface area is 190 Å². The molecule has 1 amide bonds. The van der Waals surface area contributed by atoms with Crippen LogP contribution in [0.25, 0.3) is 0 Å². The summed E-state index contributed by atoms with van der Waals surface area (Å²) < 4.78 is 0. The van der Waals surface area contributed by atoms with Crippen molar-refractivity contribution >= 4 is 35.1 Å². The van der Waals surface area contributed by atoms with Crippen LogP contribution in [0, 0.1) is 6.92 Å². The number of rotatable bonds is 7. The minimum Gasteiger partial charge on any atom is -0.321 e. The Kier molecular flexibility index (Phi) is 7.02. The van der Waals surface area contributed by atoms with E-state index in [0.29, 0.717) is 10.9 Å². The largest absolute Gasteiger partial charge is 0.321 e. The number of hydrogen-bond acceptors (Lipinski definition) is 5. The van der Waals surface area contributed by atoms with Gasteiger partial charge < -0.3 is 5.32 Å². The summed E-state index contributed by atoms with van der Waals surface area (Å²) in [7, 11) is 0. The summed E-state index contributed by atoms with van der Waals surface area (Å²) >= 11 is 3.00. The van der Waals surface area contributed by atoms with E-state index >= 15 is 0 Å². The Morgan fingerprint density at radius 2 is 1.58 bits per heavy atom. The van der Waals surface area contributed by atoms with E-state index in [1.54, 1.807) is 6.20 Å². The van der Waals surface area contributed by atoms with Crippen molar-refractivity contribution in [1.29, 1.82) is 0 Å². The second kappa shape index (κ2) is 10.3. The molecule has 0 radical (unpaired) electrons. The average Bonchev–Trinajstić information content (AvgIpc) is 2.81. The molecular weight excluding hydrogens is 422 g/mol. The number of aryl methyl sites for hydroxylation is 1. The van der Waals surface area contributed by atoms with E-state index in [1.807, 2.05) is 60.7 Å². The second-order valence-corrected chi connectivity index (χ2v) is 8.93. The fourth-order valence-electron chi connectivity index (χ4n) is 2.82. The van der Waals surface area contributed by atoms with E-state index in [0.717, 1.165) is 21.2 Å². The van der Waals surface area contributed by atoms with Crippen molar-refractivity contribution in [1.82, 2.24) is 9.97 Å². The molecule has 1 aromatic heterocycles. The first kappa shape index (κ1) is 21.2. The van der Waals surface area contributed by atoms with Gasteiger partial charge in [0.25, 0.3) is 5.91 Å². The molecule has 0 aliphatic carbocycles. The predicted octanol–water partition coefficient (Wildman–Crippen LogP) is 6.48. The number of thioether (sulfide) groups is 1. The summed E-state index contributed by atoms with van der Waals surface area (Å²) in [5, 5.41) is 3.52. The van der Waals surface area contributed by atoms with Crippen LogP contribution in [-0.2, 0) is 5.75 Å². The fourth-order valence-corrected chi connectivity index (χ4v) is 4.48. The van der Waals surface area contributed by atoms with Gasteiger partial charge in [-0.2, -0.15) is 0 Å². The normalized spacial score (nSPS) is 10.6. The SMILES string of the molecule is Cc1ccc(CSc2ncc(Sc3ccccc3)c(C(=O)Nc3ccccc3)n2)cc1. The number of carbonyl (C=O) groups is 1. The van der Waals surface area contributed by atoms with Crippen molar-refractivity contribution in [2.24, 2.45) is 0 Å². The monoisotopic (exact) mass is 443 g/mol. The Hall–Kier alpha value is -3.09. The van der Waals surface area contributed by atoms with E-state index in [-0.39, 0.29) is 5.91 Å². The lowest BCUT2D eigenvalue weighted by Gasteiger charge is -2.11. The Balaban J connectivity index is 1.58. The molecule has 0 spiro atoms. The minimum absolute atomic E-state index is 0.246. The molecule has 3 aromatic carbocycles. The molecule has 1 heterocycles. The maximum atomic E-state index is 13.1. The van der Waals surface area contributed by atoms with Crippen molar-refractivity contribution in [3.63, 3.8) is 0 Å². The van der Waals surface area contributed by atoms with Crippen LogP contribution in [0.4, 0.5) is 5.69 Å². The summed E-state index contributed by atoms with van der Waals surface area (Å²) in [5.41, 5.74) is 3.53. The highest BCUT2D eigenvalue weighted by molar-refractivity contribution is 7.99. The highest BCUT2D eigenvalue weighted by atomic mass is 32.2. The molecule has 31 heavy (non-hydrogen) atoms. The first-order valence-corrected chi connectivity index (χ1v) is 11.6. The van der Waals surface area contributed by atoms with Gasteiger partial charge in [0.05, 0.1) is 4.90 Å². The average molecular weight is 444 g/mol. The maximum Gasteiger partial charge on any atom is 0.275 e. The standard InChI is InChI=1S/C25H21N3OS2/c1-18-12-14-19(15-13-18)17-30-25-26-16-22(31-21-10-6-3-7-11-21)23(28-25)24(29)27-20-8-4-2-5-9-20/h2-16H,17H2,1H3,(H,27,29).